The van der Waals surface area contributed by atoms with Gasteiger partial charge in [-0.3, -0.25) is 9.59 Å². The monoisotopic (exact) mass is 304 g/mol. The number of carboxylic acids is 1. The summed E-state index contributed by atoms with van der Waals surface area (Å²) in [7, 11) is 0. The van der Waals surface area contributed by atoms with Gasteiger partial charge in [0.05, 0.1) is 6.42 Å². The van der Waals surface area contributed by atoms with Crippen LogP contribution >= 0.6 is 23.2 Å². The maximum absolute atomic E-state index is 12.3. The normalized spacial score (nSPS) is 10.6. The van der Waals surface area contributed by atoms with Crippen molar-refractivity contribution in [1.29, 1.82) is 0 Å². The summed E-state index contributed by atoms with van der Waals surface area (Å²) in [5.74, 6) is -1.27. The standard InChI is InChI=1S/C12H14Cl2N2O3/c1-7(2)16(4-3-11(17)18)12(19)8-5-9(13)15-10(14)6-8/h5-7H,3-4H2,1-2H3,(H,17,18). The van der Waals surface area contributed by atoms with Gasteiger partial charge < -0.3 is 10.0 Å². The minimum absolute atomic E-state index is 0.115. The Kier molecular flexibility index (Phi) is 5.57. The molecule has 1 amide bonds. The SMILES string of the molecule is CC(C)N(CCC(=O)O)C(=O)c1cc(Cl)nc(Cl)c1. The van der Waals surface area contributed by atoms with Gasteiger partial charge in [0.25, 0.3) is 5.91 Å². The second-order valence-corrected chi connectivity index (χ2v) is 5.01. The Labute approximate surface area is 121 Å². The van der Waals surface area contributed by atoms with Crippen LogP contribution in [-0.4, -0.2) is 39.5 Å². The molecule has 1 aromatic rings. The molecule has 104 valence electrons. The second-order valence-electron chi connectivity index (χ2n) is 4.24. The van der Waals surface area contributed by atoms with Gasteiger partial charge in [-0.15, -0.1) is 0 Å². The van der Waals surface area contributed by atoms with Gasteiger partial charge >= 0.3 is 5.97 Å². The number of aliphatic carboxylic acids is 1. The fourth-order valence-corrected chi connectivity index (χ4v) is 2.02. The van der Waals surface area contributed by atoms with Crippen LogP contribution in [0.15, 0.2) is 12.1 Å². The fourth-order valence-electron chi connectivity index (χ4n) is 1.56. The molecule has 0 saturated carbocycles. The van der Waals surface area contributed by atoms with Crippen molar-refractivity contribution in [3.63, 3.8) is 0 Å². The van der Waals surface area contributed by atoms with Gasteiger partial charge in [-0.25, -0.2) is 4.98 Å². The molecule has 19 heavy (non-hydrogen) atoms. The zero-order valence-electron chi connectivity index (χ0n) is 10.6. The number of amides is 1. The van der Waals surface area contributed by atoms with E-state index >= 15 is 0 Å². The first-order chi connectivity index (χ1) is 8.81. The molecule has 1 aromatic heterocycles. The summed E-state index contributed by atoms with van der Waals surface area (Å²) in [6, 6.07) is 2.69. The van der Waals surface area contributed by atoms with Crippen molar-refractivity contribution in [2.24, 2.45) is 0 Å². The van der Waals surface area contributed by atoms with Crippen molar-refractivity contribution in [2.45, 2.75) is 26.3 Å². The Bertz CT molecular complexity index is 472. The van der Waals surface area contributed by atoms with Gasteiger partial charge in [-0.2, -0.15) is 0 Å². The molecule has 1 N–H and O–H groups in total. The zero-order chi connectivity index (χ0) is 14.6. The van der Waals surface area contributed by atoms with E-state index in [1.54, 1.807) is 0 Å². The maximum atomic E-state index is 12.3. The van der Waals surface area contributed by atoms with Gasteiger partial charge in [-0.05, 0) is 26.0 Å². The molecule has 0 spiro atoms. The molecule has 0 radical (unpaired) electrons. The molecule has 0 unspecified atom stereocenters. The largest absolute Gasteiger partial charge is 0.481 e. The molecule has 0 saturated heterocycles. The van der Waals surface area contributed by atoms with Gasteiger partial charge in [0.1, 0.15) is 10.3 Å². The molecule has 1 rings (SSSR count). The van der Waals surface area contributed by atoms with Crippen molar-refractivity contribution in [2.75, 3.05) is 6.54 Å². The van der Waals surface area contributed by atoms with Crippen LogP contribution in [0, 0.1) is 0 Å². The predicted molar refractivity (Wildman–Crippen MR) is 72.7 cm³/mol. The van der Waals surface area contributed by atoms with Crippen LogP contribution in [0.25, 0.3) is 0 Å². The number of hydrogen-bond donors (Lipinski definition) is 1. The average Bonchev–Trinajstić information content (AvgIpc) is 2.26. The minimum Gasteiger partial charge on any atom is -0.481 e. The summed E-state index contributed by atoms with van der Waals surface area (Å²) < 4.78 is 0. The third-order valence-electron chi connectivity index (χ3n) is 2.46. The summed E-state index contributed by atoms with van der Waals surface area (Å²) in [6.45, 7) is 3.75. The first-order valence-corrected chi connectivity index (χ1v) is 6.42. The topological polar surface area (TPSA) is 70.5 Å². The molecule has 0 atom stereocenters. The van der Waals surface area contributed by atoms with Crippen molar-refractivity contribution in [3.05, 3.63) is 28.0 Å². The third-order valence-corrected chi connectivity index (χ3v) is 2.85. The van der Waals surface area contributed by atoms with Crippen LogP contribution < -0.4 is 0 Å². The molecule has 0 aliphatic rings. The van der Waals surface area contributed by atoms with Gasteiger partial charge in [0.2, 0.25) is 0 Å². The van der Waals surface area contributed by atoms with Gasteiger partial charge in [-0.1, -0.05) is 23.2 Å². The van der Waals surface area contributed by atoms with E-state index in [1.807, 2.05) is 13.8 Å². The predicted octanol–water partition coefficient (Wildman–Crippen LogP) is 2.71. The van der Waals surface area contributed by atoms with Crippen molar-refractivity contribution in [3.8, 4) is 0 Å². The number of carbonyl (C=O) groups is 2. The Morgan fingerprint density at radius 1 is 1.32 bits per heavy atom. The number of aromatic nitrogens is 1. The summed E-state index contributed by atoms with van der Waals surface area (Å²) in [5.41, 5.74) is 0.295. The van der Waals surface area contributed by atoms with Crippen LogP contribution in [0.2, 0.25) is 10.3 Å². The summed E-state index contributed by atoms with van der Waals surface area (Å²) >= 11 is 11.5. The highest BCUT2D eigenvalue weighted by molar-refractivity contribution is 6.33. The van der Waals surface area contributed by atoms with Crippen LogP contribution in [0.3, 0.4) is 0 Å². The average molecular weight is 305 g/mol. The molecule has 0 fully saturated rings. The molecule has 1 heterocycles. The smallest absolute Gasteiger partial charge is 0.305 e. The first kappa shape index (κ1) is 15.7. The second kappa shape index (κ2) is 6.73. The van der Waals surface area contributed by atoms with E-state index in [2.05, 4.69) is 4.98 Å². The van der Waals surface area contributed by atoms with E-state index in [0.29, 0.717) is 5.56 Å². The zero-order valence-corrected chi connectivity index (χ0v) is 12.1. The quantitative estimate of drug-likeness (QED) is 0.849. The molecule has 0 bridgehead atoms. The van der Waals surface area contributed by atoms with E-state index in [1.165, 1.54) is 17.0 Å². The number of pyridine rings is 1. The molecule has 0 aliphatic heterocycles. The lowest BCUT2D eigenvalue weighted by molar-refractivity contribution is -0.137. The van der Waals surface area contributed by atoms with E-state index < -0.39 is 5.97 Å². The number of carbonyl (C=O) groups excluding carboxylic acids is 1. The number of halogens is 2. The number of hydrogen-bond acceptors (Lipinski definition) is 3. The Hall–Kier alpha value is -1.33. The van der Waals surface area contributed by atoms with Crippen LogP contribution in [0.1, 0.15) is 30.6 Å². The Morgan fingerprint density at radius 2 is 1.84 bits per heavy atom. The summed E-state index contributed by atoms with van der Waals surface area (Å²) in [5, 5.41) is 8.94. The van der Waals surface area contributed by atoms with Crippen LogP contribution in [-0.2, 0) is 4.79 Å². The van der Waals surface area contributed by atoms with E-state index in [9.17, 15) is 9.59 Å². The number of carboxylic acid groups (broad SMARTS) is 1. The molecule has 7 heteroatoms. The molecule has 0 aliphatic carbocycles. The lowest BCUT2D eigenvalue weighted by Crippen LogP contribution is -2.38. The van der Waals surface area contributed by atoms with E-state index in [-0.39, 0.29) is 35.2 Å². The molecule has 0 aromatic carbocycles. The first-order valence-electron chi connectivity index (χ1n) is 5.67. The van der Waals surface area contributed by atoms with Gasteiger partial charge in [0.15, 0.2) is 0 Å². The van der Waals surface area contributed by atoms with Crippen LogP contribution in [0.5, 0.6) is 0 Å². The molecular weight excluding hydrogens is 291 g/mol. The summed E-state index contributed by atoms with van der Waals surface area (Å²) in [4.78, 5) is 28.1. The molecular formula is C12H14Cl2N2O3. The van der Waals surface area contributed by atoms with Crippen molar-refractivity contribution < 1.29 is 14.7 Å². The lowest BCUT2D eigenvalue weighted by atomic mass is 10.2. The maximum Gasteiger partial charge on any atom is 0.305 e. The highest BCUT2D eigenvalue weighted by atomic mass is 35.5. The Balaban J connectivity index is 2.95. The number of rotatable bonds is 5. The highest BCUT2D eigenvalue weighted by Gasteiger charge is 2.20. The third kappa shape index (κ3) is 4.69. The van der Waals surface area contributed by atoms with E-state index in [4.69, 9.17) is 28.3 Å². The van der Waals surface area contributed by atoms with Crippen LogP contribution in [0.4, 0.5) is 0 Å². The minimum atomic E-state index is -0.954. The summed E-state index contributed by atoms with van der Waals surface area (Å²) in [6.07, 6.45) is -0.115. The number of nitrogens with zero attached hydrogens (tertiary/aromatic N) is 2. The van der Waals surface area contributed by atoms with Crippen molar-refractivity contribution >= 4 is 35.1 Å². The van der Waals surface area contributed by atoms with Gasteiger partial charge in [0, 0.05) is 18.2 Å². The van der Waals surface area contributed by atoms with E-state index in [0.717, 1.165) is 0 Å². The lowest BCUT2D eigenvalue weighted by Gasteiger charge is -2.26. The fraction of sp³-hybridized carbons (Fsp3) is 0.417. The molecule has 5 nitrogen and oxygen atoms in total. The van der Waals surface area contributed by atoms with Crippen molar-refractivity contribution in [1.82, 2.24) is 9.88 Å². The Morgan fingerprint density at radius 3 is 2.26 bits per heavy atom. The highest BCUT2D eigenvalue weighted by Crippen LogP contribution is 2.17.